The lowest BCUT2D eigenvalue weighted by Crippen LogP contribution is -2.47. The quantitative estimate of drug-likeness (QED) is 0.283. The number of hydrogen-bond acceptors (Lipinski definition) is 4. The fraction of sp³-hybridized carbons (Fsp3) is 0.500. The summed E-state index contributed by atoms with van der Waals surface area (Å²) in [5, 5.41) is 5.93. The molecule has 208 valence electrons. The van der Waals surface area contributed by atoms with Gasteiger partial charge in [-0.2, -0.15) is 0 Å². The molecule has 0 bridgehead atoms. The van der Waals surface area contributed by atoms with Gasteiger partial charge in [-0.25, -0.2) is 4.79 Å². The van der Waals surface area contributed by atoms with Crippen LogP contribution in [0.1, 0.15) is 82.5 Å². The fourth-order valence-corrected chi connectivity index (χ4v) is 4.41. The zero-order valence-corrected chi connectivity index (χ0v) is 24.3. The zero-order valence-electron chi connectivity index (χ0n) is 23.5. The van der Waals surface area contributed by atoms with Crippen LogP contribution in [0.5, 0.6) is 0 Å². The van der Waals surface area contributed by atoms with Crippen LogP contribution in [0, 0.1) is 13.8 Å². The monoisotopic (exact) mass is 543 g/mol. The number of unbranched alkanes of at least 4 members (excludes halogenated alkanes) is 4. The maximum absolute atomic E-state index is 13.9. The number of hydrogen-bond donors (Lipinski definition) is 2. The highest BCUT2D eigenvalue weighted by Gasteiger charge is 2.32. The van der Waals surface area contributed by atoms with Crippen LogP contribution in [-0.2, 0) is 14.3 Å². The van der Waals surface area contributed by atoms with Crippen LogP contribution in [0.2, 0.25) is 5.02 Å². The van der Waals surface area contributed by atoms with Crippen LogP contribution in [0.4, 0.5) is 10.5 Å². The summed E-state index contributed by atoms with van der Waals surface area (Å²) in [7, 11) is 0. The van der Waals surface area contributed by atoms with Gasteiger partial charge < -0.3 is 20.3 Å². The van der Waals surface area contributed by atoms with Crippen LogP contribution in [-0.4, -0.2) is 41.5 Å². The molecule has 0 aliphatic rings. The standard InChI is InChI=1S/C30H42ClN3O4/c1-7-8-9-10-11-18-34(25(35)20-32-29(37)38-30(4,5)6)27(23-16-12-14-21(2)19-23)28(36)33-26-22(3)15-13-17-24(26)31/h12-17,19,27H,7-11,18,20H2,1-6H3,(H,32,37)(H,33,36). The highest BCUT2D eigenvalue weighted by atomic mass is 35.5. The van der Waals surface area contributed by atoms with E-state index in [-0.39, 0.29) is 18.4 Å². The molecule has 38 heavy (non-hydrogen) atoms. The largest absolute Gasteiger partial charge is 0.444 e. The van der Waals surface area contributed by atoms with Gasteiger partial charge in [0.1, 0.15) is 18.2 Å². The topological polar surface area (TPSA) is 87.7 Å². The highest BCUT2D eigenvalue weighted by molar-refractivity contribution is 6.34. The van der Waals surface area contributed by atoms with Crippen molar-refractivity contribution in [2.24, 2.45) is 0 Å². The molecular weight excluding hydrogens is 502 g/mol. The normalized spacial score (nSPS) is 12.0. The smallest absolute Gasteiger partial charge is 0.408 e. The molecule has 7 nitrogen and oxygen atoms in total. The minimum absolute atomic E-state index is 0.287. The fourth-order valence-electron chi connectivity index (χ4n) is 4.14. The number of anilines is 1. The van der Waals surface area contributed by atoms with Gasteiger partial charge in [0.05, 0.1) is 10.7 Å². The van der Waals surface area contributed by atoms with Crippen molar-refractivity contribution in [3.05, 3.63) is 64.2 Å². The molecule has 0 heterocycles. The van der Waals surface area contributed by atoms with E-state index in [9.17, 15) is 14.4 Å². The molecule has 0 saturated carbocycles. The average molecular weight is 544 g/mol. The van der Waals surface area contributed by atoms with E-state index in [1.165, 1.54) is 0 Å². The highest BCUT2D eigenvalue weighted by Crippen LogP contribution is 2.29. The summed E-state index contributed by atoms with van der Waals surface area (Å²) in [6.07, 6.45) is 4.25. The number of carbonyl (C=O) groups excluding carboxylic acids is 3. The summed E-state index contributed by atoms with van der Waals surface area (Å²) >= 11 is 6.40. The maximum atomic E-state index is 13.9. The Morgan fingerprint density at radius 3 is 2.32 bits per heavy atom. The third-order valence-corrected chi connectivity index (χ3v) is 6.31. The van der Waals surface area contributed by atoms with Gasteiger partial charge >= 0.3 is 6.09 Å². The van der Waals surface area contributed by atoms with Gasteiger partial charge in [0, 0.05) is 6.54 Å². The number of alkyl carbamates (subject to hydrolysis) is 1. The Bertz CT molecular complexity index is 1080. The van der Waals surface area contributed by atoms with E-state index >= 15 is 0 Å². The summed E-state index contributed by atoms with van der Waals surface area (Å²) in [6, 6.07) is 12.0. The predicted molar refractivity (Wildman–Crippen MR) is 153 cm³/mol. The van der Waals surface area contributed by atoms with Gasteiger partial charge in [-0.1, -0.05) is 86.2 Å². The number of nitrogens with one attached hydrogen (secondary N) is 2. The molecule has 0 aliphatic heterocycles. The van der Waals surface area contributed by atoms with Crippen molar-refractivity contribution in [2.75, 3.05) is 18.4 Å². The lowest BCUT2D eigenvalue weighted by Gasteiger charge is -2.32. The van der Waals surface area contributed by atoms with Crippen LogP contribution in [0.3, 0.4) is 0 Å². The van der Waals surface area contributed by atoms with E-state index in [1.807, 2.05) is 50.2 Å². The number of nitrogens with zero attached hydrogens (tertiary/aromatic N) is 1. The van der Waals surface area contributed by atoms with Gasteiger partial charge in [0.25, 0.3) is 5.91 Å². The van der Waals surface area contributed by atoms with E-state index in [0.717, 1.165) is 43.2 Å². The zero-order chi connectivity index (χ0) is 28.3. The van der Waals surface area contributed by atoms with E-state index in [0.29, 0.717) is 22.8 Å². The lowest BCUT2D eigenvalue weighted by molar-refractivity contribution is -0.138. The van der Waals surface area contributed by atoms with Crippen molar-refractivity contribution < 1.29 is 19.1 Å². The van der Waals surface area contributed by atoms with Crippen molar-refractivity contribution >= 4 is 35.2 Å². The van der Waals surface area contributed by atoms with Crippen molar-refractivity contribution in [2.45, 2.75) is 85.3 Å². The van der Waals surface area contributed by atoms with Gasteiger partial charge in [-0.3, -0.25) is 9.59 Å². The molecule has 0 radical (unpaired) electrons. The second-order valence-corrected chi connectivity index (χ2v) is 11.0. The Morgan fingerprint density at radius 2 is 1.68 bits per heavy atom. The molecular formula is C30H42ClN3O4. The molecule has 2 rings (SSSR count). The van der Waals surface area contributed by atoms with Gasteiger partial charge in [0.15, 0.2) is 0 Å². The molecule has 1 unspecified atom stereocenters. The number of benzene rings is 2. The third-order valence-electron chi connectivity index (χ3n) is 5.99. The molecule has 0 aromatic heterocycles. The van der Waals surface area contributed by atoms with Gasteiger partial charge in [0.2, 0.25) is 5.91 Å². The van der Waals surface area contributed by atoms with E-state index in [4.69, 9.17) is 16.3 Å². The van der Waals surface area contributed by atoms with Crippen molar-refractivity contribution in [3.63, 3.8) is 0 Å². The maximum Gasteiger partial charge on any atom is 0.408 e. The van der Waals surface area contributed by atoms with Crippen LogP contribution in [0.15, 0.2) is 42.5 Å². The molecule has 2 aromatic carbocycles. The van der Waals surface area contributed by atoms with Crippen molar-refractivity contribution in [1.82, 2.24) is 10.2 Å². The first-order chi connectivity index (χ1) is 17.9. The number of para-hydroxylation sites is 1. The Labute approximate surface area is 232 Å². The SMILES string of the molecule is CCCCCCCN(C(=O)CNC(=O)OC(C)(C)C)C(C(=O)Nc1c(C)cccc1Cl)c1cccc(C)c1. The number of ether oxygens (including phenoxy) is 1. The Morgan fingerprint density at radius 1 is 1.00 bits per heavy atom. The van der Waals surface area contributed by atoms with E-state index in [2.05, 4.69) is 17.6 Å². The van der Waals surface area contributed by atoms with Gasteiger partial charge in [-0.05, 0) is 58.2 Å². The Balaban J connectivity index is 2.39. The minimum Gasteiger partial charge on any atom is -0.444 e. The first-order valence-corrected chi connectivity index (χ1v) is 13.7. The molecule has 0 fully saturated rings. The second-order valence-electron chi connectivity index (χ2n) is 10.6. The van der Waals surface area contributed by atoms with E-state index < -0.39 is 17.7 Å². The number of rotatable bonds is 12. The predicted octanol–water partition coefficient (Wildman–Crippen LogP) is 6.96. The molecule has 8 heteroatoms. The van der Waals surface area contributed by atoms with Crippen molar-refractivity contribution in [3.8, 4) is 0 Å². The number of amides is 3. The Hall–Kier alpha value is -3.06. The molecule has 1 atom stereocenters. The number of halogens is 1. The molecule has 0 aliphatic carbocycles. The summed E-state index contributed by atoms with van der Waals surface area (Å²) < 4.78 is 5.29. The molecule has 3 amide bonds. The summed E-state index contributed by atoms with van der Waals surface area (Å²) in [6.45, 7) is 11.3. The minimum atomic E-state index is -0.912. The molecule has 0 spiro atoms. The summed E-state index contributed by atoms with van der Waals surface area (Å²) in [5.74, 6) is -0.741. The van der Waals surface area contributed by atoms with Crippen LogP contribution < -0.4 is 10.6 Å². The van der Waals surface area contributed by atoms with Crippen molar-refractivity contribution in [1.29, 1.82) is 0 Å². The average Bonchev–Trinajstić information content (AvgIpc) is 2.83. The first kappa shape index (κ1) is 31.2. The second kappa shape index (κ2) is 14.8. The van der Waals surface area contributed by atoms with E-state index in [1.54, 1.807) is 31.7 Å². The first-order valence-electron chi connectivity index (χ1n) is 13.3. The van der Waals surface area contributed by atoms with Gasteiger partial charge in [-0.15, -0.1) is 0 Å². The lowest BCUT2D eigenvalue weighted by atomic mass is 10.0. The number of carbonyl (C=O) groups is 3. The molecule has 0 saturated heterocycles. The Kier molecular flexibility index (Phi) is 12.1. The van der Waals surface area contributed by atoms with Crippen LogP contribution in [0.25, 0.3) is 0 Å². The molecule has 2 N–H and O–H groups in total. The molecule has 2 aromatic rings. The number of aryl methyl sites for hydroxylation is 2. The summed E-state index contributed by atoms with van der Waals surface area (Å²) in [5.41, 5.74) is 2.29. The van der Waals surface area contributed by atoms with Crippen LogP contribution >= 0.6 is 11.6 Å². The summed E-state index contributed by atoms with van der Waals surface area (Å²) in [4.78, 5) is 41.2. The third kappa shape index (κ3) is 10.0.